The molecule has 0 aromatic heterocycles. The average molecular weight is 453 g/mol. The van der Waals surface area contributed by atoms with Crippen LogP contribution in [0, 0.1) is 19.8 Å². The number of nitrogens with zero attached hydrogens (tertiary/aromatic N) is 1. The molecule has 5 amide bonds. The van der Waals surface area contributed by atoms with Gasteiger partial charge in [-0.05, 0) is 62.1 Å². The van der Waals surface area contributed by atoms with E-state index in [1.165, 1.54) is 0 Å². The van der Waals surface area contributed by atoms with Crippen molar-refractivity contribution in [3.8, 4) is 0 Å². The number of para-hydroxylation sites is 1. The van der Waals surface area contributed by atoms with Gasteiger partial charge in [0.2, 0.25) is 0 Å². The molecule has 1 saturated heterocycles. The molecule has 0 atom stereocenters. The Morgan fingerprint density at radius 1 is 0.909 bits per heavy atom. The molecule has 3 N–H and O–H groups in total. The maximum Gasteiger partial charge on any atom is 0.325 e. The van der Waals surface area contributed by atoms with Crippen LogP contribution in [0.5, 0.6) is 0 Å². The van der Waals surface area contributed by atoms with Gasteiger partial charge in [0.05, 0.1) is 5.92 Å². The third kappa shape index (κ3) is 7.06. The van der Waals surface area contributed by atoms with Crippen LogP contribution in [0.15, 0.2) is 48.5 Å². The zero-order valence-corrected chi connectivity index (χ0v) is 18.7. The minimum atomic E-state index is -0.718. The number of imide groups is 1. The molecule has 0 spiro atoms. The van der Waals surface area contributed by atoms with Crippen LogP contribution in [-0.4, -0.2) is 48.5 Å². The van der Waals surface area contributed by atoms with Crippen molar-refractivity contribution in [3.63, 3.8) is 0 Å². The summed E-state index contributed by atoms with van der Waals surface area (Å²) in [5.74, 6) is -1.63. The molecule has 3 rings (SSSR count). The van der Waals surface area contributed by atoms with E-state index in [0.29, 0.717) is 37.3 Å². The van der Waals surface area contributed by atoms with Crippen molar-refractivity contribution < 1.29 is 23.9 Å². The zero-order valence-electron chi connectivity index (χ0n) is 18.7. The molecule has 0 aliphatic carbocycles. The highest BCUT2D eigenvalue weighted by molar-refractivity contribution is 6.02. The first kappa shape index (κ1) is 23.8. The van der Waals surface area contributed by atoms with Gasteiger partial charge in [0.25, 0.3) is 5.91 Å². The number of nitrogens with one attached hydrogen (secondary N) is 3. The van der Waals surface area contributed by atoms with Gasteiger partial charge >= 0.3 is 18.0 Å². The highest BCUT2D eigenvalue weighted by Gasteiger charge is 2.29. The Kier molecular flexibility index (Phi) is 8.01. The first-order chi connectivity index (χ1) is 15.8. The van der Waals surface area contributed by atoms with Crippen LogP contribution in [0.1, 0.15) is 24.0 Å². The molecule has 9 heteroatoms. The van der Waals surface area contributed by atoms with Gasteiger partial charge in [0.1, 0.15) is 0 Å². The van der Waals surface area contributed by atoms with Crippen molar-refractivity contribution in [2.75, 3.05) is 30.3 Å². The van der Waals surface area contributed by atoms with E-state index in [4.69, 9.17) is 4.74 Å². The van der Waals surface area contributed by atoms with E-state index < -0.39 is 30.4 Å². The molecule has 1 aliphatic rings. The molecule has 2 aromatic carbocycles. The van der Waals surface area contributed by atoms with Gasteiger partial charge in [0.15, 0.2) is 6.61 Å². The van der Waals surface area contributed by atoms with Gasteiger partial charge in [-0.1, -0.05) is 24.3 Å². The Labute approximate surface area is 192 Å². The number of likely N-dealkylation sites (tertiary alicyclic amines) is 1. The predicted molar refractivity (Wildman–Crippen MR) is 124 cm³/mol. The summed E-state index contributed by atoms with van der Waals surface area (Å²) in [6.07, 6.45) is 0.881. The van der Waals surface area contributed by atoms with Gasteiger partial charge in [-0.2, -0.15) is 0 Å². The largest absolute Gasteiger partial charge is 0.455 e. The van der Waals surface area contributed by atoms with E-state index >= 15 is 0 Å². The average Bonchev–Trinajstić information content (AvgIpc) is 2.80. The van der Waals surface area contributed by atoms with E-state index in [1.54, 1.807) is 29.2 Å². The number of carbonyl (C=O) groups excluding carboxylic acids is 4. The van der Waals surface area contributed by atoms with Gasteiger partial charge < -0.3 is 20.3 Å². The van der Waals surface area contributed by atoms with Crippen molar-refractivity contribution in [1.82, 2.24) is 10.2 Å². The van der Waals surface area contributed by atoms with Crippen LogP contribution in [0.4, 0.5) is 21.0 Å². The minimum Gasteiger partial charge on any atom is -0.455 e. The second-order valence-electron chi connectivity index (χ2n) is 7.97. The fraction of sp³-hybridized carbons (Fsp3) is 0.333. The number of hydrogen-bond acceptors (Lipinski definition) is 5. The second-order valence-corrected chi connectivity index (χ2v) is 7.97. The van der Waals surface area contributed by atoms with Crippen LogP contribution in [0.3, 0.4) is 0 Å². The predicted octanol–water partition coefficient (Wildman–Crippen LogP) is 3.44. The van der Waals surface area contributed by atoms with Crippen molar-refractivity contribution in [3.05, 3.63) is 59.7 Å². The van der Waals surface area contributed by atoms with E-state index in [9.17, 15) is 19.2 Å². The van der Waals surface area contributed by atoms with Gasteiger partial charge in [-0.3, -0.25) is 14.9 Å². The summed E-state index contributed by atoms with van der Waals surface area (Å²) in [5, 5.41) is 7.53. The number of esters is 1. The molecule has 2 aromatic rings. The quantitative estimate of drug-likeness (QED) is 0.601. The van der Waals surface area contributed by atoms with Crippen molar-refractivity contribution in [1.29, 1.82) is 0 Å². The molecule has 0 saturated carbocycles. The van der Waals surface area contributed by atoms with E-state index in [2.05, 4.69) is 16.0 Å². The normalized spacial score (nSPS) is 13.7. The first-order valence-corrected chi connectivity index (χ1v) is 10.8. The van der Waals surface area contributed by atoms with Crippen LogP contribution in [0.2, 0.25) is 0 Å². The Bertz CT molecular complexity index is 1020. The van der Waals surface area contributed by atoms with Crippen molar-refractivity contribution in [2.24, 2.45) is 5.92 Å². The lowest BCUT2D eigenvalue weighted by atomic mass is 9.97. The second kappa shape index (κ2) is 11.1. The first-order valence-electron chi connectivity index (χ1n) is 10.8. The van der Waals surface area contributed by atoms with Crippen LogP contribution in [-0.2, 0) is 14.3 Å². The zero-order chi connectivity index (χ0) is 23.8. The highest BCUT2D eigenvalue weighted by atomic mass is 16.5. The van der Waals surface area contributed by atoms with Crippen molar-refractivity contribution >= 4 is 35.3 Å². The molecule has 0 bridgehead atoms. The number of piperidine rings is 1. The molecule has 0 radical (unpaired) electrons. The Balaban J connectivity index is 1.36. The number of anilines is 2. The SMILES string of the molecule is Cc1ccc(NC(=O)NC(=O)COC(=O)C2CCN(C(=O)Nc3ccccc3)CC2)cc1C. The maximum absolute atomic E-state index is 12.3. The van der Waals surface area contributed by atoms with Gasteiger partial charge in [-0.25, -0.2) is 9.59 Å². The molecular formula is C24H28N4O5. The molecule has 1 fully saturated rings. The number of hydrogen-bond donors (Lipinski definition) is 3. The lowest BCUT2D eigenvalue weighted by Gasteiger charge is -2.30. The van der Waals surface area contributed by atoms with Crippen molar-refractivity contribution in [2.45, 2.75) is 26.7 Å². The molecule has 174 valence electrons. The molecule has 9 nitrogen and oxygen atoms in total. The number of aryl methyl sites for hydroxylation is 2. The number of ether oxygens (including phenoxy) is 1. The van der Waals surface area contributed by atoms with E-state index in [-0.39, 0.29) is 6.03 Å². The summed E-state index contributed by atoms with van der Waals surface area (Å²) in [7, 11) is 0. The molecule has 33 heavy (non-hydrogen) atoms. The summed E-state index contributed by atoms with van der Waals surface area (Å²) in [5.41, 5.74) is 3.36. The fourth-order valence-electron chi connectivity index (χ4n) is 3.44. The summed E-state index contributed by atoms with van der Waals surface area (Å²) in [6.45, 7) is 4.14. The van der Waals surface area contributed by atoms with Crippen LogP contribution >= 0.6 is 0 Å². The van der Waals surface area contributed by atoms with E-state index in [1.807, 2.05) is 38.1 Å². The smallest absolute Gasteiger partial charge is 0.325 e. The lowest BCUT2D eigenvalue weighted by molar-refractivity contribution is -0.153. The van der Waals surface area contributed by atoms with Crippen LogP contribution in [0.25, 0.3) is 0 Å². The van der Waals surface area contributed by atoms with Gasteiger partial charge in [0, 0.05) is 24.5 Å². The highest BCUT2D eigenvalue weighted by Crippen LogP contribution is 2.20. The standard InChI is InChI=1S/C24H28N4O5/c1-16-8-9-20(14-17(16)2)25-23(31)27-21(29)15-33-22(30)18-10-12-28(13-11-18)24(32)26-19-6-4-3-5-7-19/h3-9,14,18H,10-13,15H2,1-2H3,(H,26,32)(H2,25,27,29,31). The number of rotatable bonds is 5. The Morgan fingerprint density at radius 2 is 1.61 bits per heavy atom. The summed E-state index contributed by atoms with van der Waals surface area (Å²) in [6, 6.07) is 13.6. The third-order valence-corrected chi connectivity index (χ3v) is 5.50. The minimum absolute atomic E-state index is 0.220. The number of carbonyl (C=O) groups is 4. The van der Waals surface area contributed by atoms with Gasteiger partial charge in [-0.15, -0.1) is 0 Å². The van der Waals surface area contributed by atoms with E-state index in [0.717, 1.165) is 11.1 Å². The molecule has 1 heterocycles. The third-order valence-electron chi connectivity index (χ3n) is 5.50. The topological polar surface area (TPSA) is 117 Å². The lowest BCUT2D eigenvalue weighted by Crippen LogP contribution is -2.43. The van der Waals surface area contributed by atoms with Crippen LogP contribution < -0.4 is 16.0 Å². The Morgan fingerprint density at radius 3 is 2.27 bits per heavy atom. The summed E-state index contributed by atoms with van der Waals surface area (Å²) < 4.78 is 5.07. The Hall–Kier alpha value is -3.88. The molecule has 1 aliphatic heterocycles. The molecule has 0 unspecified atom stereocenters. The number of amides is 5. The summed E-state index contributed by atoms with van der Waals surface area (Å²) in [4.78, 5) is 50.2. The summed E-state index contributed by atoms with van der Waals surface area (Å²) >= 11 is 0. The molecular weight excluding hydrogens is 424 g/mol. The monoisotopic (exact) mass is 452 g/mol. The maximum atomic E-state index is 12.3. The number of benzene rings is 2. The number of urea groups is 2. The fourth-order valence-corrected chi connectivity index (χ4v) is 3.44.